The highest BCUT2D eigenvalue weighted by Gasteiger charge is 2.22. The molecular formula is C25H22N2O2S. The Balaban J connectivity index is 1.60. The van der Waals surface area contributed by atoms with Crippen LogP contribution in [0.3, 0.4) is 0 Å². The van der Waals surface area contributed by atoms with Crippen LogP contribution in [-0.2, 0) is 0 Å². The van der Waals surface area contributed by atoms with Crippen molar-refractivity contribution in [1.82, 2.24) is 4.90 Å². The van der Waals surface area contributed by atoms with E-state index in [1.54, 1.807) is 23.9 Å². The van der Waals surface area contributed by atoms with Gasteiger partial charge < -0.3 is 10.0 Å². The van der Waals surface area contributed by atoms with Gasteiger partial charge in [0.1, 0.15) is 5.75 Å². The molecule has 0 atom stereocenters. The number of phenols is 1. The molecule has 0 aromatic heterocycles. The number of hydrogen-bond acceptors (Lipinski definition) is 4. The van der Waals surface area contributed by atoms with Crippen molar-refractivity contribution in [3.05, 3.63) is 83.4 Å². The van der Waals surface area contributed by atoms with Gasteiger partial charge >= 0.3 is 0 Å². The molecular weight excluding hydrogens is 392 g/mol. The van der Waals surface area contributed by atoms with Crippen molar-refractivity contribution in [2.24, 2.45) is 4.99 Å². The number of likely N-dealkylation sites (tertiary alicyclic amines) is 1. The molecule has 0 aliphatic carbocycles. The molecule has 1 N–H and O–H groups in total. The SMILES string of the molecule is O=C(c1ccc2c(c1)N=C(c1ccc(O)cc1)c1ccccc1S2)N1CCCCC1. The van der Waals surface area contributed by atoms with Crippen LogP contribution in [-0.4, -0.2) is 34.7 Å². The Hall–Kier alpha value is -3.05. The summed E-state index contributed by atoms with van der Waals surface area (Å²) in [7, 11) is 0. The molecule has 2 aliphatic heterocycles. The Labute approximate surface area is 180 Å². The van der Waals surface area contributed by atoms with Gasteiger partial charge in [-0.05, 0) is 67.8 Å². The minimum absolute atomic E-state index is 0.0886. The van der Waals surface area contributed by atoms with Gasteiger partial charge in [-0.25, -0.2) is 4.99 Å². The second-order valence-electron chi connectivity index (χ2n) is 7.64. The second kappa shape index (κ2) is 8.00. The number of aromatic hydroxyl groups is 1. The normalized spacial score (nSPS) is 15.6. The predicted molar refractivity (Wildman–Crippen MR) is 120 cm³/mol. The molecule has 2 aliphatic rings. The summed E-state index contributed by atoms with van der Waals surface area (Å²) in [5.41, 5.74) is 4.33. The van der Waals surface area contributed by atoms with Gasteiger partial charge in [0.25, 0.3) is 5.91 Å². The van der Waals surface area contributed by atoms with Crippen molar-refractivity contribution in [3.8, 4) is 5.75 Å². The molecule has 4 nitrogen and oxygen atoms in total. The van der Waals surface area contributed by atoms with E-state index in [-0.39, 0.29) is 11.7 Å². The molecule has 150 valence electrons. The first kappa shape index (κ1) is 18.9. The quantitative estimate of drug-likeness (QED) is 0.461. The summed E-state index contributed by atoms with van der Waals surface area (Å²) < 4.78 is 0. The lowest BCUT2D eigenvalue weighted by Crippen LogP contribution is -2.35. The number of fused-ring (bicyclic) bond motifs is 2. The summed E-state index contributed by atoms with van der Waals surface area (Å²) in [4.78, 5) is 22.1. The lowest BCUT2D eigenvalue weighted by atomic mass is 10.0. The van der Waals surface area contributed by atoms with Crippen molar-refractivity contribution in [3.63, 3.8) is 0 Å². The number of carbonyl (C=O) groups excluding carboxylic acids is 1. The van der Waals surface area contributed by atoms with E-state index in [4.69, 9.17) is 4.99 Å². The van der Waals surface area contributed by atoms with E-state index in [0.29, 0.717) is 5.56 Å². The van der Waals surface area contributed by atoms with Crippen LogP contribution in [0.25, 0.3) is 0 Å². The second-order valence-corrected chi connectivity index (χ2v) is 8.72. The van der Waals surface area contributed by atoms with Crippen LogP contribution in [0, 0.1) is 0 Å². The Kier molecular flexibility index (Phi) is 5.05. The first-order valence-corrected chi connectivity index (χ1v) is 11.1. The highest BCUT2D eigenvalue weighted by Crippen LogP contribution is 2.41. The highest BCUT2D eigenvalue weighted by atomic mass is 32.2. The summed E-state index contributed by atoms with van der Waals surface area (Å²) in [6, 6.07) is 21.2. The number of amides is 1. The van der Waals surface area contributed by atoms with Gasteiger partial charge in [-0.3, -0.25) is 4.79 Å². The van der Waals surface area contributed by atoms with Crippen molar-refractivity contribution >= 4 is 29.1 Å². The van der Waals surface area contributed by atoms with Crippen molar-refractivity contribution in [1.29, 1.82) is 0 Å². The van der Waals surface area contributed by atoms with Crippen LogP contribution in [0.1, 0.15) is 40.7 Å². The third-order valence-corrected chi connectivity index (χ3v) is 6.73. The lowest BCUT2D eigenvalue weighted by molar-refractivity contribution is 0.0724. The zero-order valence-corrected chi connectivity index (χ0v) is 17.4. The molecule has 1 saturated heterocycles. The average molecular weight is 415 g/mol. The van der Waals surface area contributed by atoms with Gasteiger partial charge in [0.2, 0.25) is 0 Å². The maximum Gasteiger partial charge on any atom is 0.253 e. The van der Waals surface area contributed by atoms with Crippen LogP contribution in [0.15, 0.2) is 81.5 Å². The molecule has 2 heterocycles. The summed E-state index contributed by atoms with van der Waals surface area (Å²) in [6.45, 7) is 1.66. The number of carbonyl (C=O) groups is 1. The molecule has 1 amide bonds. The highest BCUT2D eigenvalue weighted by molar-refractivity contribution is 7.99. The number of aliphatic imine (C=N–C) groups is 1. The molecule has 5 heteroatoms. The van der Waals surface area contributed by atoms with E-state index < -0.39 is 0 Å². The first-order valence-electron chi connectivity index (χ1n) is 10.3. The minimum atomic E-state index is 0.0886. The van der Waals surface area contributed by atoms with E-state index in [9.17, 15) is 9.90 Å². The number of hydrogen-bond donors (Lipinski definition) is 1. The Morgan fingerprint density at radius 2 is 1.67 bits per heavy atom. The molecule has 0 bridgehead atoms. The van der Waals surface area contributed by atoms with Gasteiger partial charge in [-0.1, -0.05) is 30.0 Å². The number of rotatable bonds is 2. The standard InChI is InChI=1S/C25H22N2O2S/c28-19-11-8-17(9-12-19)24-20-6-2-3-7-22(20)30-23-13-10-18(16-21(23)26-24)25(29)27-14-4-1-5-15-27/h2-3,6-13,16,28H,1,4-5,14-15H2. The number of nitrogens with zero attached hydrogens (tertiary/aromatic N) is 2. The fourth-order valence-electron chi connectivity index (χ4n) is 3.99. The fraction of sp³-hybridized carbons (Fsp3) is 0.200. The van der Waals surface area contributed by atoms with Crippen molar-refractivity contribution in [2.75, 3.05) is 13.1 Å². The van der Waals surface area contributed by atoms with E-state index in [2.05, 4.69) is 12.1 Å². The Morgan fingerprint density at radius 3 is 2.47 bits per heavy atom. The zero-order chi connectivity index (χ0) is 20.5. The molecule has 0 radical (unpaired) electrons. The van der Waals surface area contributed by atoms with Crippen molar-refractivity contribution < 1.29 is 9.90 Å². The molecule has 5 rings (SSSR count). The third-order valence-electron chi connectivity index (χ3n) is 5.58. The van der Waals surface area contributed by atoms with Crippen LogP contribution in [0.5, 0.6) is 5.75 Å². The first-order chi connectivity index (χ1) is 14.7. The lowest BCUT2D eigenvalue weighted by Gasteiger charge is -2.26. The Morgan fingerprint density at radius 1 is 0.900 bits per heavy atom. The topological polar surface area (TPSA) is 52.9 Å². The third kappa shape index (κ3) is 3.61. The van der Waals surface area contributed by atoms with E-state index in [0.717, 1.165) is 58.2 Å². The number of phenolic OH excluding ortho intramolecular Hbond substituents is 1. The van der Waals surface area contributed by atoms with Gasteiger partial charge in [0.15, 0.2) is 0 Å². The van der Waals surface area contributed by atoms with E-state index in [1.165, 1.54) is 6.42 Å². The van der Waals surface area contributed by atoms with Crippen LogP contribution in [0.4, 0.5) is 5.69 Å². The molecule has 30 heavy (non-hydrogen) atoms. The van der Waals surface area contributed by atoms with Crippen molar-refractivity contribution in [2.45, 2.75) is 29.1 Å². The maximum atomic E-state index is 13.0. The largest absolute Gasteiger partial charge is 0.508 e. The van der Waals surface area contributed by atoms with Crippen LogP contribution < -0.4 is 0 Å². The molecule has 3 aromatic carbocycles. The van der Waals surface area contributed by atoms with Gasteiger partial charge in [-0.2, -0.15) is 0 Å². The summed E-state index contributed by atoms with van der Waals surface area (Å²) >= 11 is 1.67. The van der Waals surface area contributed by atoms with Gasteiger partial charge in [0.05, 0.1) is 11.4 Å². The molecule has 0 saturated carbocycles. The molecule has 0 spiro atoms. The van der Waals surface area contributed by atoms with Crippen LogP contribution in [0.2, 0.25) is 0 Å². The van der Waals surface area contributed by atoms with Crippen LogP contribution >= 0.6 is 11.8 Å². The molecule has 1 fully saturated rings. The molecule has 3 aromatic rings. The van der Waals surface area contributed by atoms with E-state index >= 15 is 0 Å². The monoisotopic (exact) mass is 414 g/mol. The van der Waals surface area contributed by atoms with E-state index in [1.807, 2.05) is 47.4 Å². The minimum Gasteiger partial charge on any atom is -0.508 e. The number of piperidine rings is 1. The fourth-order valence-corrected chi connectivity index (χ4v) is 5.00. The summed E-state index contributed by atoms with van der Waals surface area (Å²) in [5.74, 6) is 0.316. The van der Waals surface area contributed by atoms with Gasteiger partial charge in [-0.15, -0.1) is 0 Å². The smallest absolute Gasteiger partial charge is 0.253 e. The van der Waals surface area contributed by atoms with Gasteiger partial charge in [0, 0.05) is 39.6 Å². The summed E-state index contributed by atoms with van der Waals surface area (Å²) in [6.07, 6.45) is 3.35. The average Bonchev–Trinajstić information content (AvgIpc) is 2.96. The number of benzene rings is 3. The predicted octanol–water partition coefficient (Wildman–Crippen LogP) is 5.65. The summed E-state index contributed by atoms with van der Waals surface area (Å²) in [5, 5.41) is 9.70. The maximum absolute atomic E-state index is 13.0. The Bertz CT molecular complexity index is 1130. The zero-order valence-electron chi connectivity index (χ0n) is 16.5. The molecule has 0 unspecified atom stereocenters.